The van der Waals surface area contributed by atoms with Crippen LogP contribution in [0.4, 0.5) is 4.39 Å². The summed E-state index contributed by atoms with van der Waals surface area (Å²) in [5, 5.41) is 2.85. The number of halogens is 1. The van der Waals surface area contributed by atoms with Gasteiger partial charge in [-0.2, -0.15) is 0 Å². The summed E-state index contributed by atoms with van der Waals surface area (Å²) in [6.07, 6.45) is 0.269. The number of hydrogen-bond acceptors (Lipinski definition) is 3. The van der Waals surface area contributed by atoms with Crippen molar-refractivity contribution >= 4 is 5.91 Å². The van der Waals surface area contributed by atoms with Crippen LogP contribution in [0.3, 0.4) is 0 Å². The fourth-order valence-electron chi connectivity index (χ4n) is 2.94. The highest BCUT2D eigenvalue weighted by atomic mass is 19.1. The standard InChI is InChI=1S/C20H23FN2O2/c1-15-13-23(10-11-25-15)14-17-2-6-18(7-3-17)20(24)22-12-16-4-8-19(21)9-5-16/h2-9,15H,10-14H2,1H3,(H,22,24)/t15-/m1/s1. The molecule has 1 heterocycles. The molecule has 2 aromatic carbocycles. The minimum atomic E-state index is -0.277. The Morgan fingerprint density at radius 1 is 1.16 bits per heavy atom. The number of benzene rings is 2. The third-order valence-electron chi connectivity index (χ3n) is 4.31. The smallest absolute Gasteiger partial charge is 0.251 e. The lowest BCUT2D eigenvalue weighted by Gasteiger charge is -2.31. The van der Waals surface area contributed by atoms with Crippen molar-refractivity contribution in [3.05, 3.63) is 71.0 Å². The molecule has 0 unspecified atom stereocenters. The van der Waals surface area contributed by atoms with Gasteiger partial charge in [0.2, 0.25) is 0 Å². The predicted molar refractivity (Wildman–Crippen MR) is 94.7 cm³/mol. The van der Waals surface area contributed by atoms with Crippen LogP contribution in [0.25, 0.3) is 0 Å². The Morgan fingerprint density at radius 2 is 1.84 bits per heavy atom. The number of carbonyl (C=O) groups excluding carboxylic acids is 1. The third kappa shape index (κ3) is 5.11. The van der Waals surface area contributed by atoms with E-state index in [1.165, 1.54) is 17.7 Å². The highest BCUT2D eigenvalue weighted by Crippen LogP contribution is 2.12. The molecule has 1 aliphatic rings. The predicted octanol–water partition coefficient (Wildman–Crippen LogP) is 2.98. The average Bonchev–Trinajstić information content (AvgIpc) is 2.62. The first-order valence-corrected chi connectivity index (χ1v) is 8.56. The van der Waals surface area contributed by atoms with Gasteiger partial charge in [0.25, 0.3) is 5.91 Å². The molecule has 2 aromatic rings. The fourth-order valence-corrected chi connectivity index (χ4v) is 2.94. The summed E-state index contributed by atoms with van der Waals surface area (Å²) in [6.45, 7) is 5.97. The molecule has 0 saturated carbocycles. The molecule has 5 heteroatoms. The lowest BCUT2D eigenvalue weighted by molar-refractivity contribution is -0.0212. The van der Waals surface area contributed by atoms with Crippen LogP contribution in [0, 0.1) is 5.82 Å². The Kier molecular flexibility index (Phi) is 5.79. The van der Waals surface area contributed by atoms with E-state index in [-0.39, 0.29) is 17.8 Å². The summed E-state index contributed by atoms with van der Waals surface area (Å²) in [7, 11) is 0. The highest BCUT2D eigenvalue weighted by molar-refractivity contribution is 5.94. The van der Waals surface area contributed by atoms with Crippen molar-refractivity contribution in [2.75, 3.05) is 19.7 Å². The zero-order valence-electron chi connectivity index (χ0n) is 14.4. The first kappa shape index (κ1) is 17.6. The summed E-state index contributed by atoms with van der Waals surface area (Å²) in [4.78, 5) is 14.6. The summed E-state index contributed by atoms with van der Waals surface area (Å²) in [5.41, 5.74) is 2.68. The minimum absolute atomic E-state index is 0.129. The first-order chi connectivity index (χ1) is 12.1. The van der Waals surface area contributed by atoms with Crippen LogP contribution < -0.4 is 5.32 Å². The van der Waals surface area contributed by atoms with E-state index in [1.54, 1.807) is 12.1 Å². The largest absolute Gasteiger partial charge is 0.376 e. The van der Waals surface area contributed by atoms with Gasteiger partial charge in [0.15, 0.2) is 0 Å². The van der Waals surface area contributed by atoms with E-state index >= 15 is 0 Å². The van der Waals surface area contributed by atoms with E-state index in [9.17, 15) is 9.18 Å². The Balaban J connectivity index is 1.52. The molecule has 1 N–H and O–H groups in total. The van der Waals surface area contributed by atoms with Gasteiger partial charge in [0.1, 0.15) is 5.82 Å². The topological polar surface area (TPSA) is 41.6 Å². The van der Waals surface area contributed by atoms with Gasteiger partial charge in [-0.1, -0.05) is 24.3 Å². The molecular formula is C20H23FN2O2. The second-order valence-corrected chi connectivity index (χ2v) is 6.42. The van der Waals surface area contributed by atoms with E-state index in [0.29, 0.717) is 12.1 Å². The molecule has 132 valence electrons. The van der Waals surface area contributed by atoms with Crippen LogP contribution >= 0.6 is 0 Å². The Morgan fingerprint density at radius 3 is 2.52 bits per heavy atom. The second-order valence-electron chi connectivity index (χ2n) is 6.42. The van der Waals surface area contributed by atoms with Crippen LogP contribution in [-0.2, 0) is 17.8 Å². The average molecular weight is 342 g/mol. The van der Waals surface area contributed by atoms with Gasteiger partial charge < -0.3 is 10.1 Å². The number of rotatable bonds is 5. The monoisotopic (exact) mass is 342 g/mol. The van der Waals surface area contributed by atoms with Gasteiger partial charge in [-0.3, -0.25) is 9.69 Å². The SMILES string of the molecule is C[C@@H]1CN(Cc2ccc(C(=O)NCc3ccc(F)cc3)cc2)CCO1. The lowest BCUT2D eigenvalue weighted by Crippen LogP contribution is -2.40. The summed E-state index contributed by atoms with van der Waals surface area (Å²) >= 11 is 0. The Labute approximate surface area is 147 Å². The van der Waals surface area contributed by atoms with Crippen molar-refractivity contribution in [2.45, 2.75) is 26.1 Å². The van der Waals surface area contributed by atoms with Crippen LogP contribution in [0.2, 0.25) is 0 Å². The summed E-state index contributed by atoms with van der Waals surface area (Å²) in [5.74, 6) is -0.406. The maximum Gasteiger partial charge on any atom is 0.251 e. The Hall–Kier alpha value is -2.24. The number of hydrogen-bond donors (Lipinski definition) is 1. The van der Waals surface area contributed by atoms with Gasteiger partial charge in [-0.25, -0.2) is 4.39 Å². The van der Waals surface area contributed by atoms with Gasteiger partial charge in [0, 0.05) is 31.7 Å². The molecule has 1 aliphatic heterocycles. The number of nitrogens with one attached hydrogen (secondary N) is 1. The molecule has 3 rings (SSSR count). The van der Waals surface area contributed by atoms with Gasteiger partial charge in [0.05, 0.1) is 12.7 Å². The normalized spacial score (nSPS) is 18.1. The highest BCUT2D eigenvalue weighted by Gasteiger charge is 2.16. The number of ether oxygens (including phenoxy) is 1. The van der Waals surface area contributed by atoms with E-state index in [4.69, 9.17) is 4.74 Å². The molecule has 1 amide bonds. The molecule has 0 aliphatic carbocycles. The number of carbonyl (C=O) groups is 1. The summed E-state index contributed by atoms with van der Waals surface area (Å²) in [6, 6.07) is 13.8. The summed E-state index contributed by atoms with van der Waals surface area (Å²) < 4.78 is 18.4. The number of nitrogens with zero attached hydrogens (tertiary/aromatic N) is 1. The minimum Gasteiger partial charge on any atom is -0.376 e. The molecule has 0 spiro atoms. The van der Waals surface area contributed by atoms with E-state index in [0.717, 1.165) is 31.8 Å². The number of morpholine rings is 1. The van der Waals surface area contributed by atoms with Gasteiger partial charge in [-0.05, 0) is 42.3 Å². The van der Waals surface area contributed by atoms with E-state index < -0.39 is 0 Å². The fraction of sp³-hybridized carbons (Fsp3) is 0.350. The maximum absolute atomic E-state index is 12.9. The molecule has 25 heavy (non-hydrogen) atoms. The van der Waals surface area contributed by atoms with Crippen molar-refractivity contribution in [1.82, 2.24) is 10.2 Å². The quantitative estimate of drug-likeness (QED) is 0.908. The van der Waals surface area contributed by atoms with E-state index in [1.807, 2.05) is 24.3 Å². The third-order valence-corrected chi connectivity index (χ3v) is 4.31. The van der Waals surface area contributed by atoms with Gasteiger partial charge >= 0.3 is 0 Å². The first-order valence-electron chi connectivity index (χ1n) is 8.56. The molecule has 1 atom stereocenters. The van der Waals surface area contributed by atoms with Crippen LogP contribution in [0.5, 0.6) is 0 Å². The van der Waals surface area contributed by atoms with Crippen molar-refractivity contribution in [3.63, 3.8) is 0 Å². The van der Waals surface area contributed by atoms with E-state index in [2.05, 4.69) is 17.1 Å². The van der Waals surface area contributed by atoms with Crippen LogP contribution in [-0.4, -0.2) is 36.6 Å². The number of amides is 1. The van der Waals surface area contributed by atoms with Crippen LogP contribution in [0.15, 0.2) is 48.5 Å². The second kappa shape index (κ2) is 8.23. The van der Waals surface area contributed by atoms with Crippen molar-refractivity contribution < 1.29 is 13.9 Å². The molecular weight excluding hydrogens is 319 g/mol. The lowest BCUT2D eigenvalue weighted by atomic mass is 10.1. The maximum atomic E-state index is 12.9. The van der Waals surface area contributed by atoms with Gasteiger partial charge in [-0.15, -0.1) is 0 Å². The zero-order valence-corrected chi connectivity index (χ0v) is 14.4. The molecule has 0 bridgehead atoms. The molecule has 1 fully saturated rings. The van der Waals surface area contributed by atoms with Crippen molar-refractivity contribution in [2.24, 2.45) is 0 Å². The molecule has 0 radical (unpaired) electrons. The molecule has 1 saturated heterocycles. The van der Waals surface area contributed by atoms with Crippen molar-refractivity contribution in [3.8, 4) is 0 Å². The van der Waals surface area contributed by atoms with Crippen LogP contribution in [0.1, 0.15) is 28.4 Å². The Bertz CT molecular complexity index is 701. The molecule has 4 nitrogen and oxygen atoms in total. The molecule has 0 aromatic heterocycles. The van der Waals surface area contributed by atoms with Crippen molar-refractivity contribution in [1.29, 1.82) is 0 Å². The zero-order chi connectivity index (χ0) is 17.6.